The summed E-state index contributed by atoms with van der Waals surface area (Å²) in [5, 5.41) is 1.33. The molecule has 25 heavy (non-hydrogen) atoms. The Kier molecular flexibility index (Phi) is 3.67. The number of fused-ring (bicyclic) bond motifs is 4. The van der Waals surface area contributed by atoms with Crippen molar-refractivity contribution >= 4 is 21.6 Å². The summed E-state index contributed by atoms with van der Waals surface area (Å²) in [6.45, 7) is 2.32. The van der Waals surface area contributed by atoms with E-state index in [-0.39, 0.29) is 5.82 Å². The average Bonchev–Trinajstić information content (AvgIpc) is 2.98. The van der Waals surface area contributed by atoms with Gasteiger partial charge < -0.3 is 0 Å². The maximum Gasteiger partial charge on any atom is 0.124 e. The normalized spacial score (nSPS) is 19.7. The lowest BCUT2D eigenvalue weighted by Gasteiger charge is -2.25. The number of nitrogens with zero attached hydrogens (tertiary/aromatic N) is 1. The molecule has 1 aromatic carbocycles. The summed E-state index contributed by atoms with van der Waals surface area (Å²) < 4.78 is 14.0. The van der Waals surface area contributed by atoms with E-state index in [1.54, 1.807) is 12.1 Å². The molecule has 0 saturated carbocycles. The van der Waals surface area contributed by atoms with E-state index in [1.165, 1.54) is 63.2 Å². The number of hydrogen-bond acceptors (Lipinski definition) is 2. The quantitative estimate of drug-likeness (QED) is 0.516. The Balaban J connectivity index is 1.88. The lowest BCUT2D eigenvalue weighted by atomic mass is 9.81. The van der Waals surface area contributed by atoms with Gasteiger partial charge in [0.2, 0.25) is 0 Å². The smallest absolute Gasteiger partial charge is 0.124 e. The van der Waals surface area contributed by atoms with Gasteiger partial charge in [0.05, 0.1) is 0 Å². The first-order valence-electron chi connectivity index (χ1n) is 9.42. The molecule has 0 amide bonds. The van der Waals surface area contributed by atoms with Gasteiger partial charge in [-0.05, 0) is 85.3 Å². The van der Waals surface area contributed by atoms with Crippen LogP contribution >= 0.6 is 11.3 Å². The van der Waals surface area contributed by atoms with Gasteiger partial charge >= 0.3 is 0 Å². The standard InChI is InChI=1S/C22H22FNS/c1-13-9-10-18-17(11-13)20(14-5-4-6-15(23)12-14)21-16-7-2-3-8-19(16)25-22(21)24-18/h4-6,12-13H,2-3,7-11H2,1H3/t13-/m0/s1. The van der Waals surface area contributed by atoms with E-state index < -0.39 is 0 Å². The molecule has 2 aliphatic carbocycles. The van der Waals surface area contributed by atoms with Crippen molar-refractivity contribution in [3.8, 4) is 11.1 Å². The summed E-state index contributed by atoms with van der Waals surface area (Å²) in [5.41, 5.74) is 6.44. The van der Waals surface area contributed by atoms with Crippen LogP contribution in [0.5, 0.6) is 0 Å². The number of rotatable bonds is 1. The SMILES string of the molecule is C[C@H]1CCc2nc3sc4c(c3c(-c3cccc(F)c3)c2C1)CCCC4. The summed E-state index contributed by atoms with van der Waals surface area (Å²) in [6, 6.07) is 7.17. The second kappa shape index (κ2) is 5.91. The molecule has 0 N–H and O–H groups in total. The number of aromatic nitrogens is 1. The van der Waals surface area contributed by atoms with Crippen molar-refractivity contribution in [2.24, 2.45) is 5.92 Å². The number of thiophene rings is 1. The van der Waals surface area contributed by atoms with E-state index >= 15 is 0 Å². The van der Waals surface area contributed by atoms with Crippen molar-refractivity contribution in [1.29, 1.82) is 0 Å². The molecule has 0 spiro atoms. The monoisotopic (exact) mass is 351 g/mol. The van der Waals surface area contributed by atoms with E-state index in [2.05, 4.69) is 13.0 Å². The van der Waals surface area contributed by atoms with Crippen LogP contribution < -0.4 is 0 Å². The Morgan fingerprint density at radius 1 is 1.12 bits per heavy atom. The molecule has 2 aromatic heterocycles. The molecular weight excluding hydrogens is 329 g/mol. The molecule has 2 heterocycles. The van der Waals surface area contributed by atoms with E-state index in [1.807, 2.05) is 17.4 Å². The number of pyridine rings is 1. The number of hydrogen-bond donors (Lipinski definition) is 0. The lowest BCUT2D eigenvalue weighted by Crippen LogP contribution is -2.14. The topological polar surface area (TPSA) is 12.9 Å². The van der Waals surface area contributed by atoms with Crippen molar-refractivity contribution in [2.75, 3.05) is 0 Å². The zero-order chi connectivity index (χ0) is 17.0. The first-order chi connectivity index (χ1) is 12.2. The highest BCUT2D eigenvalue weighted by molar-refractivity contribution is 7.19. The van der Waals surface area contributed by atoms with Gasteiger partial charge in [-0.3, -0.25) is 0 Å². The summed E-state index contributed by atoms with van der Waals surface area (Å²) in [5.74, 6) is 0.526. The van der Waals surface area contributed by atoms with Gasteiger partial charge in [-0.15, -0.1) is 11.3 Å². The van der Waals surface area contributed by atoms with Crippen LogP contribution in [0.4, 0.5) is 4.39 Å². The first kappa shape index (κ1) is 15.5. The van der Waals surface area contributed by atoms with Crippen LogP contribution in [0.15, 0.2) is 24.3 Å². The summed E-state index contributed by atoms with van der Waals surface area (Å²) in [7, 11) is 0. The zero-order valence-electron chi connectivity index (χ0n) is 14.6. The van der Waals surface area contributed by atoms with Crippen molar-refractivity contribution in [2.45, 2.75) is 51.9 Å². The highest BCUT2D eigenvalue weighted by Crippen LogP contribution is 2.45. The largest absolute Gasteiger partial charge is 0.242 e. The van der Waals surface area contributed by atoms with Gasteiger partial charge in [-0.25, -0.2) is 9.37 Å². The predicted molar refractivity (Wildman–Crippen MR) is 103 cm³/mol. The van der Waals surface area contributed by atoms with Crippen molar-refractivity contribution in [3.05, 3.63) is 51.8 Å². The van der Waals surface area contributed by atoms with Crippen LogP contribution in [0.25, 0.3) is 21.3 Å². The van der Waals surface area contributed by atoms with Crippen molar-refractivity contribution < 1.29 is 4.39 Å². The van der Waals surface area contributed by atoms with Gasteiger partial charge in [0, 0.05) is 16.0 Å². The van der Waals surface area contributed by atoms with E-state index in [0.29, 0.717) is 5.92 Å². The van der Waals surface area contributed by atoms with Gasteiger partial charge in [-0.2, -0.15) is 0 Å². The lowest BCUT2D eigenvalue weighted by molar-refractivity contribution is 0.496. The maximum absolute atomic E-state index is 14.0. The van der Waals surface area contributed by atoms with E-state index in [4.69, 9.17) is 4.98 Å². The first-order valence-corrected chi connectivity index (χ1v) is 10.2. The molecule has 5 rings (SSSR count). The molecule has 0 unspecified atom stereocenters. The molecule has 1 atom stereocenters. The average molecular weight is 351 g/mol. The molecular formula is C22H22FNS. The van der Waals surface area contributed by atoms with Gasteiger partial charge in [0.25, 0.3) is 0 Å². The van der Waals surface area contributed by atoms with Crippen LogP contribution in [-0.2, 0) is 25.7 Å². The zero-order valence-corrected chi connectivity index (χ0v) is 15.4. The molecule has 3 heteroatoms. The molecule has 1 nitrogen and oxygen atoms in total. The molecule has 0 radical (unpaired) electrons. The fourth-order valence-corrected chi connectivity index (χ4v) is 5.89. The van der Waals surface area contributed by atoms with E-state index in [0.717, 1.165) is 24.8 Å². The highest BCUT2D eigenvalue weighted by Gasteiger charge is 2.27. The Bertz CT molecular complexity index is 972. The van der Waals surface area contributed by atoms with Crippen LogP contribution in [0.1, 0.15) is 47.9 Å². The fraction of sp³-hybridized carbons (Fsp3) is 0.409. The minimum absolute atomic E-state index is 0.149. The highest BCUT2D eigenvalue weighted by atomic mass is 32.1. The third kappa shape index (κ3) is 2.52. The van der Waals surface area contributed by atoms with Crippen molar-refractivity contribution in [1.82, 2.24) is 4.98 Å². The van der Waals surface area contributed by atoms with Gasteiger partial charge in [-0.1, -0.05) is 19.1 Å². The number of benzene rings is 1. The van der Waals surface area contributed by atoms with Gasteiger partial charge in [0.15, 0.2) is 0 Å². The number of aryl methyl sites for hydroxylation is 3. The minimum atomic E-state index is -0.149. The summed E-state index contributed by atoms with van der Waals surface area (Å²) in [4.78, 5) is 7.78. The Morgan fingerprint density at radius 2 is 2.00 bits per heavy atom. The molecule has 0 fully saturated rings. The summed E-state index contributed by atoms with van der Waals surface area (Å²) in [6.07, 6.45) is 8.19. The Morgan fingerprint density at radius 3 is 2.88 bits per heavy atom. The van der Waals surface area contributed by atoms with Crippen LogP contribution in [0.2, 0.25) is 0 Å². The Hall–Kier alpha value is -1.74. The molecule has 0 bridgehead atoms. The predicted octanol–water partition coefficient (Wildman–Crippen LogP) is 6.11. The minimum Gasteiger partial charge on any atom is -0.242 e. The molecule has 0 aliphatic heterocycles. The third-order valence-corrected chi connectivity index (χ3v) is 7.01. The maximum atomic E-state index is 14.0. The van der Waals surface area contributed by atoms with E-state index in [9.17, 15) is 4.39 Å². The van der Waals surface area contributed by atoms with Crippen LogP contribution in [-0.4, -0.2) is 4.98 Å². The van der Waals surface area contributed by atoms with Crippen LogP contribution in [0.3, 0.4) is 0 Å². The number of halogens is 1. The fourth-order valence-electron chi connectivity index (χ4n) is 4.60. The molecule has 0 saturated heterocycles. The molecule has 2 aliphatic rings. The molecule has 3 aromatic rings. The second-order valence-electron chi connectivity index (χ2n) is 7.66. The van der Waals surface area contributed by atoms with Crippen LogP contribution in [0, 0.1) is 11.7 Å². The summed E-state index contributed by atoms with van der Waals surface area (Å²) >= 11 is 1.88. The Labute approximate surface area is 151 Å². The second-order valence-corrected chi connectivity index (χ2v) is 8.75. The van der Waals surface area contributed by atoms with Gasteiger partial charge in [0.1, 0.15) is 10.6 Å². The van der Waals surface area contributed by atoms with Crippen molar-refractivity contribution in [3.63, 3.8) is 0 Å². The third-order valence-electron chi connectivity index (χ3n) is 5.83. The molecule has 128 valence electrons.